The summed E-state index contributed by atoms with van der Waals surface area (Å²) in [6, 6.07) is 22.2. The molecule has 0 aliphatic carbocycles. The Morgan fingerprint density at radius 3 is 2.18 bits per heavy atom. The van der Waals surface area contributed by atoms with E-state index in [0.717, 1.165) is 35.4 Å². The first-order valence-electron chi connectivity index (χ1n) is 11.0. The van der Waals surface area contributed by atoms with Crippen LogP contribution in [-0.4, -0.2) is 30.0 Å². The van der Waals surface area contributed by atoms with Crippen LogP contribution in [0.4, 0.5) is 5.69 Å². The standard InChI is InChI=1S/C27H29N3O3/c1-4-22(26-21-14-24(32-2)25(33-3)15-23(21)30-27(26)31)29-20-12-10-19(11-13-20)17-28-16-18-8-6-5-7-9-18/h5-15,28,30-31H,4,16-17H2,1-3H3. The molecule has 0 atom stereocenters. The van der Waals surface area contributed by atoms with E-state index in [1.165, 1.54) is 11.1 Å². The Balaban J connectivity index is 1.55. The van der Waals surface area contributed by atoms with Gasteiger partial charge in [0.15, 0.2) is 17.4 Å². The number of benzene rings is 3. The number of aromatic amines is 1. The predicted octanol–water partition coefficient (Wildman–Crippen LogP) is 5.71. The summed E-state index contributed by atoms with van der Waals surface area (Å²) in [7, 11) is 3.19. The molecular formula is C27H29N3O3. The molecule has 3 aromatic carbocycles. The number of aromatic hydroxyl groups is 1. The number of hydrogen-bond donors (Lipinski definition) is 3. The molecule has 6 heteroatoms. The third-order valence-corrected chi connectivity index (χ3v) is 5.61. The number of H-pyrrole nitrogens is 1. The Labute approximate surface area is 193 Å². The van der Waals surface area contributed by atoms with Crippen molar-refractivity contribution in [2.24, 2.45) is 4.99 Å². The van der Waals surface area contributed by atoms with Crippen LogP contribution >= 0.6 is 0 Å². The van der Waals surface area contributed by atoms with Gasteiger partial charge in [-0.1, -0.05) is 49.4 Å². The van der Waals surface area contributed by atoms with Crippen molar-refractivity contribution < 1.29 is 14.6 Å². The SMILES string of the molecule is CCC(=Nc1ccc(CNCc2ccccc2)cc1)c1c(O)[nH]c2cc(OC)c(OC)cc12. The first-order valence-corrected chi connectivity index (χ1v) is 11.0. The summed E-state index contributed by atoms with van der Waals surface area (Å²) in [6.45, 7) is 3.64. The van der Waals surface area contributed by atoms with Gasteiger partial charge in [-0.05, 0) is 35.7 Å². The minimum absolute atomic E-state index is 0.0858. The second-order valence-electron chi connectivity index (χ2n) is 7.77. The van der Waals surface area contributed by atoms with Crippen molar-refractivity contribution in [2.75, 3.05) is 14.2 Å². The lowest BCUT2D eigenvalue weighted by atomic mass is 10.1. The van der Waals surface area contributed by atoms with Gasteiger partial charge in [0.05, 0.1) is 36.7 Å². The molecule has 0 saturated heterocycles. The number of methoxy groups -OCH3 is 2. The van der Waals surface area contributed by atoms with Gasteiger partial charge in [-0.2, -0.15) is 0 Å². The normalized spacial score (nSPS) is 11.7. The highest BCUT2D eigenvalue weighted by atomic mass is 16.5. The van der Waals surface area contributed by atoms with Gasteiger partial charge in [-0.3, -0.25) is 4.99 Å². The lowest BCUT2D eigenvalue weighted by Gasteiger charge is -2.09. The molecule has 0 bridgehead atoms. The molecule has 4 rings (SSSR count). The first kappa shape index (κ1) is 22.4. The van der Waals surface area contributed by atoms with Gasteiger partial charge in [-0.25, -0.2) is 0 Å². The molecule has 0 unspecified atom stereocenters. The lowest BCUT2D eigenvalue weighted by Crippen LogP contribution is -2.12. The quantitative estimate of drug-likeness (QED) is 0.290. The number of aromatic nitrogens is 1. The van der Waals surface area contributed by atoms with Crippen LogP contribution in [0.1, 0.15) is 30.0 Å². The second-order valence-corrected chi connectivity index (χ2v) is 7.77. The summed E-state index contributed by atoms with van der Waals surface area (Å²) in [5, 5.41) is 15.0. The molecule has 3 N–H and O–H groups in total. The van der Waals surface area contributed by atoms with Crippen LogP contribution in [0.2, 0.25) is 0 Å². The van der Waals surface area contributed by atoms with Crippen LogP contribution in [0.5, 0.6) is 17.4 Å². The average Bonchev–Trinajstić information content (AvgIpc) is 3.17. The highest BCUT2D eigenvalue weighted by Gasteiger charge is 2.18. The Bertz CT molecular complexity index is 1250. The van der Waals surface area contributed by atoms with Crippen LogP contribution in [0, 0.1) is 0 Å². The number of rotatable bonds is 9. The van der Waals surface area contributed by atoms with E-state index >= 15 is 0 Å². The zero-order chi connectivity index (χ0) is 23.2. The first-order chi connectivity index (χ1) is 16.1. The Kier molecular flexibility index (Phi) is 6.95. The Morgan fingerprint density at radius 1 is 0.909 bits per heavy atom. The lowest BCUT2D eigenvalue weighted by molar-refractivity contribution is 0.356. The van der Waals surface area contributed by atoms with Crippen LogP contribution in [0.3, 0.4) is 0 Å². The maximum absolute atomic E-state index is 10.7. The van der Waals surface area contributed by atoms with Crippen LogP contribution in [0.15, 0.2) is 71.7 Å². The van der Waals surface area contributed by atoms with Gasteiger partial charge < -0.3 is 24.9 Å². The molecule has 0 saturated carbocycles. The van der Waals surface area contributed by atoms with Crippen molar-refractivity contribution in [1.82, 2.24) is 10.3 Å². The summed E-state index contributed by atoms with van der Waals surface area (Å²) >= 11 is 0. The third-order valence-electron chi connectivity index (χ3n) is 5.61. The molecule has 1 heterocycles. The van der Waals surface area contributed by atoms with Gasteiger partial charge in [-0.15, -0.1) is 0 Å². The van der Waals surface area contributed by atoms with E-state index < -0.39 is 0 Å². The fraction of sp³-hybridized carbons (Fsp3) is 0.222. The number of fused-ring (bicyclic) bond motifs is 1. The van der Waals surface area contributed by atoms with Crippen molar-refractivity contribution in [3.05, 3.63) is 83.4 Å². The van der Waals surface area contributed by atoms with Gasteiger partial charge in [0.2, 0.25) is 0 Å². The highest BCUT2D eigenvalue weighted by molar-refractivity contribution is 6.14. The molecule has 0 aliphatic rings. The van der Waals surface area contributed by atoms with Gasteiger partial charge in [0.1, 0.15) is 0 Å². The minimum atomic E-state index is 0.0858. The smallest absolute Gasteiger partial charge is 0.198 e. The van der Waals surface area contributed by atoms with E-state index in [0.29, 0.717) is 23.5 Å². The van der Waals surface area contributed by atoms with Gasteiger partial charge in [0.25, 0.3) is 0 Å². The maximum Gasteiger partial charge on any atom is 0.198 e. The number of ether oxygens (including phenoxy) is 2. The van der Waals surface area contributed by atoms with Crippen molar-refractivity contribution >= 4 is 22.3 Å². The number of aliphatic imine (C=N–C) groups is 1. The van der Waals surface area contributed by atoms with Gasteiger partial charge >= 0.3 is 0 Å². The summed E-state index contributed by atoms with van der Waals surface area (Å²) in [5.41, 5.74) is 5.53. The zero-order valence-corrected chi connectivity index (χ0v) is 19.2. The van der Waals surface area contributed by atoms with Crippen molar-refractivity contribution in [3.8, 4) is 17.4 Å². The molecule has 0 amide bonds. The molecule has 0 aliphatic heterocycles. The van der Waals surface area contributed by atoms with E-state index in [1.807, 2.05) is 49.4 Å². The van der Waals surface area contributed by atoms with E-state index in [1.54, 1.807) is 14.2 Å². The van der Waals surface area contributed by atoms with Crippen LogP contribution < -0.4 is 14.8 Å². The summed E-state index contributed by atoms with van der Waals surface area (Å²) in [5.74, 6) is 1.29. The van der Waals surface area contributed by atoms with Crippen molar-refractivity contribution in [1.29, 1.82) is 0 Å². The largest absolute Gasteiger partial charge is 0.494 e. The average molecular weight is 444 g/mol. The van der Waals surface area contributed by atoms with Crippen LogP contribution in [-0.2, 0) is 13.1 Å². The minimum Gasteiger partial charge on any atom is -0.494 e. The van der Waals surface area contributed by atoms with Crippen molar-refractivity contribution in [3.63, 3.8) is 0 Å². The monoisotopic (exact) mass is 443 g/mol. The van der Waals surface area contributed by atoms with Gasteiger partial charge in [0, 0.05) is 24.5 Å². The molecule has 0 spiro atoms. The number of nitrogens with zero attached hydrogens (tertiary/aromatic N) is 1. The number of nitrogens with one attached hydrogen (secondary N) is 2. The molecule has 33 heavy (non-hydrogen) atoms. The molecular weight excluding hydrogens is 414 g/mol. The fourth-order valence-corrected chi connectivity index (χ4v) is 3.90. The summed E-state index contributed by atoms with van der Waals surface area (Å²) in [6.07, 6.45) is 0.662. The van der Waals surface area contributed by atoms with E-state index in [9.17, 15) is 5.11 Å². The van der Waals surface area contributed by atoms with Crippen molar-refractivity contribution in [2.45, 2.75) is 26.4 Å². The molecule has 170 valence electrons. The topological polar surface area (TPSA) is 78.9 Å². The highest BCUT2D eigenvalue weighted by Crippen LogP contribution is 2.37. The van der Waals surface area contributed by atoms with E-state index in [2.05, 4.69) is 34.6 Å². The molecule has 0 radical (unpaired) electrons. The molecule has 1 aromatic heterocycles. The third kappa shape index (κ3) is 5.02. The summed E-state index contributed by atoms with van der Waals surface area (Å²) < 4.78 is 10.8. The molecule has 0 fully saturated rings. The summed E-state index contributed by atoms with van der Waals surface area (Å²) in [4.78, 5) is 7.87. The van der Waals surface area contributed by atoms with E-state index in [4.69, 9.17) is 14.5 Å². The molecule has 6 nitrogen and oxygen atoms in total. The predicted molar refractivity (Wildman–Crippen MR) is 133 cm³/mol. The Morgan fingerprint density at radius 2 is 1.55 bits per heavy atom. The van der Waals surface area contributed by atoms with E-state index in [-0.39, 0.29) is 5.88 Å². The zero-order valence-electron chi connectivity index (χ0n) is 19.2. The second kappa shape index (κ2) is 10.2. The Hall–Kier alpha value is -3.77. The fourth-order valence-electron chi connectivity index (χ4n) is 3.90. The van der Waals surface area contributed by atoms with Crippen LogP contribution in [0.25, 0.3) is 10.9 Å². The maximum atomic E-state index is 10.7. The molecule has 4 aromatic rings. The number of hydrogen-bond acceptors (Lipinski definition) is 5.